The van der Waals surface area contributed by atoms with E-state index in [2.05, 4.69) is 42.5 Å². The van der Waals surface area contributed by atoms with E-state index in [0.29, 0.717) is 38.4 Å². The van der Waals surface area contributed by atoms with Crippen molar-refractivity contribution in [2.45, 2.75) is 62.7 Å². The zero-order valence-electron chi connectivity index (χ0n) is 31.7. The summed E-state index contributed by atoms with van der Waals surface area (Å²) in [5, 5.41) is 20.5. The number of carbonyl (C=O) groups is 2. The van der Waals surface area contributed by atoms with Crippen LogP contribution in [-0.4, -0.2) is 73.1 Å². The maximum atomic E-state index is 15.2. The van der Waals surface area contributed by atoms with Gasteiger partial charge in [-0.25, -0.2) is 4.79 Å². The number of aryl methyl sites for hydroxylation is 1. The van der Waals surface area contributed by atoms with E-state index in [0.717, 1.165) is 33.8 Å². The SMILES string of the molecule is COc1ccc([Si](C)(C)[C@@H]2[C@@H](CCn3cc(C(CO)c4ccccc4)nn3)O[C@]3(C(=O)N(Cc4cccc(N5CCOC5=O)c4)c4ccccc43)[C@H]2C)cc1. The maximum absolute atomic E-state index is 15.2. The van der Waals surface area contributed by atoms with Gasteiger partial charge < -0.3 is 24.2 Å². The molecular weight excluding hydrogens is 711 g/mol. The number of aromatic nitrogens is 3. The number of amides is 2. The first-order chi connectivity index (χ1) is 26.6. The number of aliphatic hydroxyl groups is 1. The molecule has 1 spiro atoms. The van der Waals surface area contributed by atoms with E-state index in [-0.39, 0.29) is 42.1 Å². The third-order valence-corrected chi connectivity index (χ3v) is 16.4. The lowest BCUT2D eigenvalue weighted by molar-refractivity contribution is -0.146. The van der Waals surface area contributed by atoms with Crippen LogP contribution >= 0.6 is 0 Å². The normalized spacial score (nSPS) is 22.7. The summed E-state index contributed by atoms with van der Waals surface area (Å²) >= 11 is 0. The lowest BCUT2D eigenvalue weighted by Gasteiger charge is -2.37. The lowest BCUT2D eigenvalue weighted by atomic mass is 9.82. The molecule has 2 saturated heterocycles. The molecule has 0 radical (unpaired) electrons. The van der Waals surface area contributed by atoms with Gasteiger partial charge in [0.2, 0.25) is 0 Å². The number of methoxy groups -OCH3 is 1. The van der Waals surface area contributed by atoms with Crippen LogP contribution in [0.25, 0.3) is 0 Å². The molecule has 0 saturated carbocycles. The second-order valence-corrected chi connectivity index (χ2v) is 20.0. The molecule has 2 amide bonds. The molecule has 3 aliphatic heterocycles. The number of hydrogen-bond donors (Lipinski definition) is 1. The van der Waals surface area contributed by atoms with Gasteiger partial charge in [-0.15, -0.1) is 5.10 Å². The highest BCUT2D eigenvalue weighted by molar-refractivity contribution is 6.91. The van der Waals surface area contributed by atoms with Crippen molar-refractivity contribution in [2.75, 3.05) is 36.7 Å². The lowest BCUT2D eigenvalue weighted by Crippen LogP contribution is -2.51. The number of aliphatic hydroxyl groups excluding tert-OH is 1. The fourth-order valence-electron chi connectivity index (χ4n) is 9.22. The van der Waals surface area contributed by atoms with Gasteiger partial charge in [-0.2, -0.15) is 0 Å². The molecule has 284 valence electrons. The van der Waals surface area contributed by atoms with Gasteiger partial charge in [0.25, 0.3) is 5.91 Å². The van der Waals surface area contributed by atoms with Crippen LogP contribution in [0.1, 0.15) is 41.6 Å². The van der Waals surface area contributed by atoms with Crippen LogP contribution in [0.3, 0.4) is 0 Å². The maximum Gasteiger partial charge on any atom is 0.414 e. The number of ether oxygens (including phenoxy) is 3. The van der Waals surface area contributed by atoms with Crippen LogP contribution < -0.4 is 19.7 Å². The second kappa shape index (κ2) is 14.7. The Hall–Kier alpha value is -5.30. The summed E-state index contributed by atoms with van der Waals surface area (Å²) in [7, 11) is -0.683. The Balaban J connectivity index is 1.13. The highest BCUT2D eigenvalue weighted by Crippen LogP contribution is 2.60. The molecule has 11 nitrogen and oxygen atoms in total. The standard InChI is InChI=1S/C43H47N5O6Si/c1-29-40(55(3,4)34-19-17-33(52-2)18-20-34)39(21-22-46-27-37(44-45-46)35(28-49)31-12-6-5-7-13-31)54-43(29)36-15-8-9-16-38(36)48(41(43)50)26-30-11-10-14-32(25-30)47-23-24-53-42(47)51/h5-20,25,27,29,35,39-40,49H,21-24,26,28H2,1-4H3/t29-,35?,39+,40-,43+/m0/s1. The number of fused-ring (bicyclic) bond motifs is 2. The molecular formula is C43H47N5O6Si. The van der Waals surface area contributed by atoms with Crippen LogP contribution in [-0.2, 0) is 33.0 Å². The molecule has 2 fully saturated rings. The largest absolute Gasteiger partial charge is 0.497 e. The topological polar surface area (TPSA) is 119 Å². The summed E-state index contributed by atoms with van der Waals surface area (Å²) in [4.78, 5) is 31.1. The first-order valence-electron chi connectivity index (χ1n) is 19.0. The van der Waals surface area contributed by atoms with E-state index in [1.54, 1.807) is 12.0 Å². The number of carbonyl (C=O) groups excluding carboxylic acids is 2. The molecule has 4 heterocycles. The Bertz CT molecular complexity index is 2180. The highest BCUT2D eigenvalue weighted by atomic mass is 28.3. The van der Waals surface area contributed by atoms with Gasteiger partial charge in [0.05, 0.1) is 58.3 Å². The quantitative estimate of drug-likeness (QED) is 0.149. The number of hydrogen-bond acceptors (Lipinski definition) is 8. The summed E-state index contributed by atoms with van der Waals surface area (Å²) in [6, 6.07) is 34.0. The Kier molecular flexibility index (Phi) is 9.82. The van der Waals surface area contributed by atoms with Crippen molar-refractivity contribution in [1.82, 2.24) is 15.0 Å². The first kappa shape index (κ1) is 36.7. The van der Waals surface area contributed by atoms with Crippen molar-refractivity contribution in [3.8, 4) is 5.75 Å². The van der Waals surface area contributed by atoms with Crippen LogP contribution in [0.2, 0.25) is 18.6 Å². The third kappa shape index (κ3) is 6.41. The van der Waals surface area contributed by atoms with Crippen molar-refractivity contribution in [2.24, 2.45) is 5.92 Å². The molecule has 12 heteroatoms. The number of para-hydroxylation sites is 1. The van der Waals surface area contributed by atoms with Gasteiger partial charge in [-0.1, -0.05) is 103 Å². The molecule has 55 heavy (non-hydrogen) atoms. The van der Waals surface area contributed by atoms with Crippen LogP contribution in [0, 0.1) is 5.92 Å². The molecule has 1 aromatic heterocycles. The summed E-state index contributed by atoms with van der Waals surface area (Å²) in [6.45, 7) is 8.57. The van der Waals surface area contributed by atoms with E-state index in [9.17, 15) is 9.90 Å². The van der Waals surface area contributed by atoms with E-state index in [1.165, 1.54) is 5.19 Å². The first-order valence-corrected chi connectivity index (χ1v) is 22.1. The van der Waals surface area contributed by atoms with Crippen molar-refractivity contribution < 1.29 is 28.9 Å². The molecule has 0 bridgehead atoms. The zero-order valence-corrected chi connectivity index (χ0v) is 32.7. The fraction of sp³-hybridized carbons (Fsp3) is 0.349. The van der Waals surface area contributed by atoms with Crippen LogP contribution in [0.5, 0.6) is 5.75 Å². The highest BCUT2D eigenvalue weighted by Gasteiger charge is 2.66. The Labute approximate surface area is 322 Å². The fourth-order valence-corrected chi connectivity index (χ4v) is 13.3. The average Bonchev–Trinajstić information content (AvgIpc) is 3.98. The summed E-state index contributed by atoms with van der Waals surface area (Å²) < 4.78 is 19.9. The summed E-state index contributed by atoms with van der Waals surface area (Å²) in [6.07, 6.45) is 1.90. The number of cyclic esters (lactones) is 1. The van der Waals surface area contributed by atoms with Crippen molar-refractivity contribution in [1.29, 1.82) is 0 Å². The van der Waals surface area contributed by atoms with E-state index >= 15 is 4.79 Å². The smallest absolute Gasteiger partial charge is 0.414 e. The van der Waals surface area contributed by atoms with Crippen molar-refractivity contribution >= 4 is 36.6 Å². The van der Waals surface area contributed by atoms with Gasteiger partial charge in [0.15, 0.2) is 5.60 Å². The molecule has 5 atom stereocenters. The van der Waals surface area contributed by atoms with Crippen molar-refractivity contribution in [3.05, 3.63) is 132 Å². The zero-order chi connectivity index (χ0) is 38.3. The Morgan fingerprint density at radius 3 is 2.47 bits per heavy atom. The van der Waals surface area contributed by atoms with Gasteiger partial charge >= 0.3 is 6.09 Å². The molecule has 5 aromatic rings. The van der Waals surface area contributed by atoms with Gasteiger partial charge in [-0.3, -0.25) is 14.4 Å². The van der Waals surface area contributed by atoms with E-state index in [4.69, 9.17) is 14.2 Å². The molecule has 0 aliphatic carbocycles. The molecule has 4 aromatic carbocycles. The minimum absolute atomic E-state index is 0.0554. The number of anilines is 2. The number of benzene rings is 4. The molecule has 3 aliphatic rings. The minimum Gasteiger partial charge on any atom is -0.497 e. The predicted molar refractivity (Wildman–Crippen MR) is 212 cm³/mol. The molecule has 1 N–H and O–H groups in total. The monoisotopic (exact) mass is 757 g/mol. The summed E-state index contributed by atoms with van der Waals surface area (Å²) in [5.41, 5.74) is 3.92. The second-order valence-electron chi connectivity index (χ2n) is 15.3. The minimum atomic E-state index is -2.36. The molecule has 1 unspecified atom stereocenters. The average molecular weight is 758 g/mol. The summed E-state index contributed by atoms with van der Waals surface area (Å²) in [5.74, 6) is 0.292. The van der Waals surface area contributed by atoms with Gasteiger partial charge in [-0.05, 0) is 53.4 Å². The Morgan fingerprint density at radius 1 is 0.982 bits per heavy atom. The third-order valence-electron chi connectivity index (χ3n) is 12.0. The molecule has 8 rings (SSSR count). The van der Waals surface area contributed by atoms with Crippen LogP contribution in [0.15, 0.2) is 109 Å². The van der Waals surface area contributed by atoms with E-state index < -0.39 is 13.7 Å². The van der Waals surface area contributed by atoms with Crippen LogP contribution in [0.4, 0.5) is 16.2 Å². The van der Waals surface area contributed by atoms with Gasteiger partial charge in [0.1, 0.15) is 12.4 Å². The van der Waals surface area contributed by atoms with Crippen molar-refractivity contribution in [3.63, 3.8) is 0 Å². The predicted octanol–water partition coefficient (Wildman–Crippen LogP) is 6.22. The van der Waals surface area contributed by atoms with E-state index in [1.807, 2.05) is 107 Å². The number of nitrogens with zero attached hydrogens (tertiary/aromatic N) is 5. The van der Waals surface area contributed by atoms with Gasteiger partial charge in [0, 0.05) is 29.9 Å². The number of rotatable bonds is 12. The Morgan fingerprint density at radius 2 is 1.75 bits per heavy atom.